The minimum absolute atomic E-state index is 0.0841. The van der Waals surface area contributed by atoms with Gasteiger partial charge in [0.25, 0.3) is 0 Å². The molecule has 6 rings (SSSR count). The van der Waals surface area contributed by atoms with E-state index >= 15 is 0 Å². The topological polar surface area (TPSA) is 95.6 Å². The van der Waals surface area contributed by atoms with E-state index in [1.807, 2.05) is 13.8 Å². The minimum atomic E-state index is -3.71. The van der Waals surface area contributed by atoms with Crippen LogP contribution in [0.5, 0.6) is 0 Å². The van der Waals surface area contributed by atoms with Gasteiger partial charge in [-0.15, -0.1) is 0 Å². The molecule has 1 aliphatic heterocycles. The van der Waals surface area contributed by atoms with Crippen LogP contribution >= 0.6 is 0 Å². The SMILES string of the molecule is C=CC(=O)NC1CC(C)N(S(=O)(=O)c2ccc(NC(=O)C34CC5CC(CC(C5)C3)C4)cc2)C(C)C1. The lowest BCUT2D eigenvalue weighted by atomic mass is 9.49. The van der Waals surface area contributed by atoms with Gasteiger partial charge in [0, 0.05) is 23.8 Å². The Balaban J connectivity index is 1.26. The highest BCUT2D eigenvalue weighted by Gasteiger charge is 2.54. The fourth-order valence-electron chi connectivity index (χ4n) is 7.90. The van der Waals surface area contributed by atoms with Gasteiger partial charge < -0.3 is 10.6 Å². The van der Waals surface area contributed by atoms with Crippen molar-refractivity contribution in [3.05, 3.63) is 36.9 Å². The number of anilines is 1. The number of sulfonamides is 1. The largest absolute Gasteiger partial charge is 0.350 e. The second kappa shape index (κ2) is 9.04. The first kappa shape index (κ1) is 24.5. The van der Waals surface area contributed by atoms with E-state index in [-0.39, 0.29) is 40.3 Å². The number of hydrogen-bond donors (Lipinski definition) is 2. The smallest absolute Gasteiger partial charge is 0.243 e. The molecule has 1 aromatic rings. The molecule has 5 fully saturated rings. The zero-order chi connectivity index (χ0) is 25.0. The van der Waals surface area contributed by atoms with Crippen LogP contribution in [-0.2, 0) is 19.6 Å². The van der Waals surface area contributed by atoms with Crippen molar-refractivity contribution in [2.45, 2.75) is 88.2 Å². The first-order valence-electron chi connectivity index (χ1n) is 13.0. The van der Waals surface area contributed by atoms with Gasteiger partial charge in [0.2, 0.25) is 21.8 Å². The molecule has 190 valence electrons. The molecule has 1 heterocycles. The molecule has 4 saturated carbocycles. The summed E-state index contributed by atoms with van der Waals surface area (Å²) in [5.74, 6) is 1.95. The average molecular weight is 500 g/mol. The number of carbonyl (C=O) groups is 2. The number of hydrogen-bond acceptors (Lipinski definition) is 4. The third kappa shape index (κ3) is 4.55. The molecule has 5 aliphatic rings. The van der Waals surface area contributed by atoms with Crippen LogP contribution < -0.4 is 10.6 Å². The average Bonchev–Trinajstić information content (AvgIpc) is 2.77. The van der Waals surface area contributed by atoms with Gasteiger partial charge in [0.1, 0.15) is 0 Å². The molecule has 35 heavy (non-hydrogen) atoms. The molecule has 4 bridgehead atoms. The molecule has 2 unspecified atom stereocenters. The quantitative estimate of drug-likeness (QED) is 0.577. The lowest BCUT2D eigenvalue weighted by molar-refractivity contribution is -0.140. The standard InChI is InChI=1S/C27H37N3O4S/c1-4-25(31)28-23-9-17(2)30(18(3)10-23)35(33,34)24-7-5-22(6-8-24)29-26(32)27-14-19-11-20(15-27)13-21(12-19)16-27/h4-8,17-21,23H,1,9-16H2,2-3H3,(H,28,31)(H,29,32). The summed E-state index contributed by atoms with van der Waals surface area (Å²) >= 11 is 0. The van der Waals surface area contributed by atoms with Gasteiger partial charge in [0.15, 0.2) is 0 Å². The molecule has 8 heteroatoms. The van der Waals surface area contributed by atoms with Crippen molar-refractivity contribution in [3.8, 4) is 0 Å². The summed E-state index contributed by atoms with van der Waals surface area (Å²) in [6.07, 6.45) is 9.17. The first-order chi connectivity index (χ1) is 16.6. The number of amides is 2. The maximum Gasteiger partial charge on any atom is 0.243 e. The van der Waals surface area contributed by atoms with Crippen molar-refractivity contribution in [3.63, 3.8) is 0 Å². The van der Waals surface area contributed by atoms with Gasteiger partial charge in [-0.3, -0.25) is 9.59 Å². The Morgan fingerprint density at radius 2 is 1.46 bits per heavy atom. The van der Waals surface area contributed by atoms with Crippen molar-refractivity contribution in [2.75, 3.05) is 5.32 Å². The van der Waals surface area contributed by atoms with E-state index in [1.54, 1.807) is 28.6 Å². The zero-order valence-corrected chi connectivity index (χ0v) is 21.5. The summed E-state index contributed by atoms with van der Waals surface area (Å²) in [7, 11) is -3.71. The highest BCUT2D eigenvalue weighted by Crippen LogP contribution is 2.60. The maximum absolute atomic E-state index is 13.5. The Bertz CT molecular complexity index is 1070. The molecule has 2 atom stereocenters. The Morgan fingerprint density at radius 3 is 1.94 bits per heavy atom. The number of benzene rings is 1. The summed E-state index contributed by atoms with van der Waals surface area (Å²) in [6.45, 7) is 7.24. The summed E-state index contributed by atoms with van der Waals surface area (Å²) in [4.78, 5) is 25.2. The van der Waals surface area contributed by atoms with E-state index in [2.05, 4.69) is 17.2 Å². The Kier molecular flexibility index (Phi) is 6.33. The summed E-state index contributed by atoms with van der Waals surface area (Å²) in [5, 5.41) is 6.00. The lowest BCUT2D eigenvalue weighted by Gasteiger charge is -2.55. The van der Waals surface area contributed by atoms with E-state index in [0.29, 0.717) is 36.3 Å². The van der Waals surface area contributed by atoms with Crippen LogP contribution in [-0.4, -0.2) is 42.7 Å². The molecule has 2 N–H and O–H groups in total. The highest BCUT2D eigenvalue weighted by atomic mass is 32.2. The van der Waals surface area contributed by atoms with Crippen molar-refractivity contribution in [1.82, 2.24) is 9.62 Å². The molecular formula is C27H37N3O4S. The van der Waals surface area contributed by atoms with E-state index in [1.165, 1.54) is 25.3 Å². The summed E-state index contributed by atoms with van der Waals surface area (Å²) < 4.78 is 28.5. The minimum Gasteiger partial charge on any atom is -0.350 e. The van der Waals surface area contributed by atoms with Crippen LogP contribution in [0.3, 0.4) is 0 Å². The molecule has 0 radical (unpaired) electrons. The molecule has 7 nitrogen and oxygen atoms in total. The predicted molar refractivity (Wildman–Crippen MR) is 135 cm³/mol. The van der Waals surface area contributed by atoms with Crippen molar-refractivity contribution in [1.29, 1.82) is 0 Å². The molecular weight excluding hydrogens is 462 g/mol. The fourth-order valence-corrected chi connectivity index (χ4v) is 9.74. The van der Waals surface area contributed by atoms with Crippen molar-refractivity contribution >= 4 is 27.5 Å². The molecule has 2 amide bonds. The second-order valence-electron chi connectivity index (χ2n) is 11.6. The first-order valence-corrected chi connectivity index (χ1v) is 14.4. The number of nitrogens with one attached hydrogen (secondary N) is 2. The molecule has 1 saturated heterocycles. The van der Waals surface area contributed by atoms with Crippen LogP contribution in [0, 0.1) is 23.2 Å². The second-order valence-corrected chi connectivity index (χ2v) is 13.4. The van der Waals surface area contributed by atoms with Gasteiger partial charge in [-0.05, 0) is 113 Å². The van der Waals surface area contributed by atoms with Gasteiger partial charge in [-0.2, -0.15) is 4.31 Å². The van der Waals surface area contributed by atoms with Gasteiger partial charge >= 0.3 is 0 Å². The molecule has 0 spiro atoms. The third-order valence-electron chi connectivity index (χ3n) is 8.86. The Labute approximate surface area is 208 Å². The van der Waals surface area contributed by atoms with E-state index in [0.717, 1.165) is 19.3 Å². The van der Waals surface area contributed by atoms with E-state index in [4.69, 9.17) is 0 Å². The van der Waals surface area contributed by atoms with Crippen LogP contribution in [0.15, 0.2) is 41.8 Å². The molecule has 4 aliphatic carbocycles. The van der Waals surface area contributed by atoms with Gasteiger partial charge in [0.05, 0.1) is 10.3 Å². The Hall–Kier alpha value is -2.19. The van der Waals surface area contributed by atoms with Crippen LogP contribution in [0.4, 0.5) is 5.69 Å². The predicted octanol–water partition coefficient (Wildman–Crippen LogP) is 4.07. The summed E-state index contributed by atoms with van der Waals surface area (Å²) in [6, 6.07) is 6.00. The molecule has 1 aromatic carbocycles. The zero-order valence-electron chi connectivity index (χ0n) is 20.7. The van der Waals surface area contributed by atoms with E-state index in [9.17, 15) is 18.0 Å². The lowest BCUT2D eigenvalue weighted by Crippen LogP contribution is -2.54. The van der Waals surface area contributed by atoms with Crippen LogP contribution in [0.1, 0.15) is 65.2 Å². The van der Waals surface area contributed by atoms with Gasteiger partial charge in [-0.1, -0.05) is 6.58 Å². The fraction of sp³-hybridized carbons (Fsp3) is 0.630. The monoisotopic (exact) mass is 499 g/mol. The Morgan fingerprint density at radius 1 is 0.943 bits per heavy atom. The molecule has 0 aromatic heterocycles. The number of carbonyl (C=O) groups excluding carboxylic acids is 2. The number of piperidine rings is 1. The van der Waals surface area contributed by atoms with Crippen LogP contribution in [0.2, 0.25) is 0 Å². The maximum atomic E-state index is 13.5. The highest BCUT2D eigenvalue weighted by molar-refractivity contribution is 7.89. The normalized spacial score (nSPS) is 36.5. The van der Waals surface area contributed by atoms with Crippen LogP contribution in [0.25, 0.3) is 0 Å². The summed E-state index contributed by atoms with van der Waals surface area (Å²) in [5.41, 5.74) is 0.409. The number of rotatable bonds is 6. The number of nitrogens with zero attached hydrogens (tertiary/aromatic N) is 1. The van der Waals surface area contributed by atoms with E-state index < -0.39 is 10.0 Å². The van der Waals surface area contributed by atoms with Crippen molar-refractivity contribution in [2.24, 2.45) is 23.2 Å². The van der Waals surface area contributed by atoms with Crippen molar-refractivity contribution < 1.29 is 18.0 Å². The third-order valence-corrected chi connectivity index (χ3v) is 11.0. The van der Waals surface area contributed by atoms with Gasteiger partial charge in [-0.25, -0.2) is 8.42 Å².